The Bertz CT molecular complexity index is 1270. The maximum Gasteiger partial charge on any atom is 0.472 e. The van der Waals surface area contributed by atoms with E-state index in [0.29, 0.717) is 17.4 Å². The van der Waals surface area contributed by atoms with Gasteiger partial charge < -0.3 is 19.8 Å². The van der Waals surface area contributed by atoms with Crippen molar-refractivity contribution in [2.24, 2.45) is 0 Å². The van der Waals surface area contributed by atoms with Crippen molar-refractivity contribution in [1.82, 2.24) is 5.32 Å². The smallest absolute Gasteiger partial charge is 0.387 e. The van der Waals surface area contributed by atoms with Crippen LogP contribution in [0.5, 0.6) is 0 Å². The standard InChI is InChI=1S/C66H131N2O6P/c1-6-8-10-12-14-16-18-20-22-24-26-27-28-29-30-31-32-33-34-35-36-37-38-39-40-41-42-44-46-48-50-52-54-56-58-60-66(70)67-64(63-74-75(71,72)73-62-61-68(3,4)5)65(69)59-57-55-53-51-49-47-45-43-25-23-21-19-17-15-13-11-9-7-2/h49,51,57,59,64-65,69H,6-48,50,52-56,58,60-63H2,1-5H3,(H-,67,70,71,72)/p+1/b51-49+,59-57+. The maximum absolute atomic E-state index is 13.0. The number of quaternary nitrogens is 1. The second-order valence-corrected chi connectivity index (χ2v) is 25.7. The third-order valence-electron chi connectivity index (χ3n) is 15.4. The number of hydrogen-bond donors (Lipinski definition) is 3. The molecule has 446 valence electrons. The van der Waals surface area contributed by atoms with E-state index < -0.39 is 20.0 Å². The molecule has 3 N–H and O–H groups in total. The van der Waals surface area contributed by atoms with Gasteiger partial charge in [-0.25, -0.2) is 4.57 Å². The number of hydrogen-bond acceptors (Lipinski definition) is 5. The number of carbonyl (C=O) groups is 1. The molecule has 0 aliphatic rings. The molecular weight excluding hydrogens is 948 g/mol. The molecule has 0 spiro atoms. The second kappa shape index (κ2) is 57.7. The van der Waals surface area contributed by atoms with Crippen LogP contribution in [0, 0.1) is 0 Å². The van der Waals surface area contributed by atoms with E-state index >= 15 is 0 Å². The van der Waals surface area contributed by atoms with Crippen LogP contribution in [-0.4, -0.2) is 73.4 Å². The molecule has 0 saturated heterocycles. The highest BCUT2D eigenvalue weighted by molar-refractivity contribution is 7.47. The number of aliphatic hydroxyl groups excluding tert-OH is 1. The predicted octanol–water partition coefficient (Wildman–Crippen LogP) is 20.7. The Morgan fingerprint density at radius 1 is 0.440 bits per heavy atom. The van der Waals surface area contributed by atoms with Gasteiger partial charge in [-0.15, -0.1) is 0 Å². The zero-order valence-corrected chi connectivity index (χ0v) is 52.0. The summed E-state index contributed by atoms with van der Waals surface area (Å²) in [4.78, 5) is 23.3. The van der Waals surface area contributed by atoms with Gasteiger partial charge in [-0.05, 0) is 32.1 Å². The van der Waals surface area contributed by atoms with Crippen molar-refractivity contribution in [1.29, 1.82) is 0 Å². The van der Waals surface area contributed by atoms with E-state index in [0.717, 1.165) is 38.5 Å². The van der Waals surface area contributed by atoms with Crippen LogP contribution in [0.1, 0.15) is 341 Å². The van der Waals surface area contributed by atoms with E-state index in [9.17, 15) is 19.4 Å². The molecule has 75 heavy (non-hydrogen) atoms. The number of amides is 1. The summed E-state index contributed by atoms with van der Waals surface area (Å²) in [6, 6.07) is -0.861. The predicted molar refractivity (Wildman–Crippen MR) is 328 cm³/mol. The fraction of sp³-hybridized carbons (Fsp3) is 0.924. The number of carbonyl (C=O) groups excluding carboxylic acids is 1. The summed E-state index contributed by atoms with van der Waals surface area (Å²) < 4.78 is 23.7. The van der Waals surface area contributed by atoms with Crippen molar-refractivity contribution in [3.05, 3.63) is 24.3 Å². The van der Waals surface area contributed by atoms with Crippen LogP contribution >= 0.6 is 7.82 Å². The molecule has 0 fully saturated rings. The lowest BCUT2D eigenvalue weighted by Crippen LogP contribution is -2.45. The minimum atomic E-state index is -4.35. The van der Waals surface area contributed by atoms with Gasteiger partial charge in [-0.2, -0.15) is 0 Å². The SMILES string of the molecule is CCCCCCCCCCCCCC/C=C/CC/C=C/C(O)C(COP(=O)(O)OCC[N+](C)(C)C)NC(=O)CCCCCCCCCCCCCCCCCCCCCCCCCCCCCCCCCCCCC. The lowest BCUT2D eigenvalue weighted by Gasteiger charge is -2.25. The lowest BCUT2D eigenvalue weighted by molar-refractivity contribution is -0.870. The van der Waals surface area contributed by atoms with Gasteiger partial charge in [-0.1, -0.05) is 327 Å². The van der Waals surface area contributed by atoms with Gasteiger partial charge in [0.1, 0.15) is 13.2 Å². The van der Waals surface area contributed by atoms with Gasteiger partial charge in [-0.3, -0.25) is 13.8 Å². The van der Waals surface area contributed by atoms with Crippen molar-refractivity contribution >= 4 is 13.7 Å². The first-order valence-electron chi connectivity index (χ1n) is 33.2. The summed E-state index contributed by atoms with van der Waals surface area (Å²) in [5.74, 6) is -0.179. The first kappa shape index (κ1) is 74.0. The first-order chi connectivity index (χ1) is 36.5. The third kappa shape index (κ3) is 60.5. The number of unbranched alkanes of at least 4 members (excludes halogenated alkanes) is 47. The Hall–Kier alpha value is -1.02. The molecule has 0 aromatic rings. The third-order valence-corrected chi connectivity index (χ3v) is 16.4. The van der Waals surface area contributed by atoms with E-state index in [1.165, 1.54) is 283 Å². The molecule has 0 aliphatic heterocycles. The molecule has 0 bridgehead atoms. The first-order valence-corrected chi connectivity index (χ1v) is 34.7. The average Bonchev–Trinajstić information content (AvgIpc) is 3.37. The van der Waals surface area contributed by atoms with Gasteiger partial charge in [0.15, 0.2) is 0 Å². The van der Waals surface area contributed by atoms with Gasteiger partial charge >= 0.3 is 7.82 Å². The molecule has 1 amide bonds. The van der Waals surface area contributed by atoms with Gasteiger partial charge in [0.25, 0.3) is 0 Å². The van der Waals surface area contributed by atoms with Gasteiger partial charge in [0.2, 0.25) is 5.91 Å². The molecule has 3 atom stereocenters. The summed E-state index contributed by atoms with van der Waals surface area (Å²) in [5, 5.41) is 13.9. The minimum absolute atomic E-state index is 0.0589. The molecule has 0 rings (SSSR count). The quantitative estimate of drug-likeness (QED) is 0.0243. The number of aliphatic hydroxyl groups is 1. The van der Waals surface area contributed by atoms with Crippen LogP contribution < -0.4 is 5.32 Å². The Morgan fingerprint density at radius 3 is 1.07 bits per heavy atom. The summed E-state index contributed by atoms with van der Waals surface area (Å²) in [6.07, 6.45) is 74.7. The maximum atomic E-state index is 13.0. The van der Waals surface area contributed by atoms with Crippen LogP contribution in [0.15, 0.2) is 24.3 Å². The lowest BCUT2D eigenvalue weighted by atomic mass is 10.0. The van der Waals surface area contributed by atoms with Crippen LogP contribution in [0.2, 0.25) is 0 Å². The number of nitrogens with zero attached hydrogens (tertiary/aromatic N) is 1. The van der Waals surface area contributed by atoms with Crippen LogP contribution in [0.25, 0.3) is 0 Å². The number of phosphoric ester groups is 1. The second-order valence-electron chi connectivity index (χ2n) is 24.2. The molecule has 8 nitrogen and oxygen atoms in total. The number of allylic oxidation sites excluding steroid dienone is 3. The van der Waals surface area contributed by atoms with Crippen LogP contribution in [0.4, 0.5) is 0 Å². The van der Waals surface area contributed by atoms with Crippen LogP contribution in [0.3, 0.4) is 0 Å². The largest absolute Gasteiger partial charge is 0.472 e. The highest BCUT2D eigenvalue weighted by Crippen LogP contribution is 2.43. The minimum Gasteiger partial charge on any atom is -0.387 e. The summed E-state index contributed by atoms with van der Waals surface area (Å²) in [6.45, 7) is 4.85. The van der Waals surface area contributed by atoms with E-state index in [-0.39, 0.29) is 19.1 Å². The van der Waals surface area contributed by atoms with Gasteiger partial charge in [0.05, 0.1) is 39.9 Å². The van der Waals surface area contributed by atoms with Crippen molar-refractivity contribution in [2.45, 2.75) is 353 Å². The Balaban J connectivity index is 3.98. The number of phosphoric acid groups is 1. The Kier molecular flexibility index (Phi) is 56.9. The topological polar surface area (TPSA) is 105 Å². The fourth-order valence-corrected chi connectivity index (χ4v) is 11.0. The van der Waals surface area contributed by atoms with E-state index in [1.807, 2.05) is 27.2 Å². The molecule has 0 aliphatic carbocycles. The monoisotopic (exact) mass is 1080 g/mol. The van der Waals surface area contributed by atoms with E-state index in [2.05, 4.69) is 31.3 Å². The molecule has 0 heterocycles. The summed E-state index contributed by atoms with van der Waals surface area (Å²) in [7, 11) is 1.57. The zero-order chi connectivity index (χ0) is 54.9. The van der Waals surface area contributed by atoms with Crippen molar-refractivity contribution in [3.8, 4) is 0 Å². The number of nitrogens with one attached hydrogen (secondary N) is 1. The highest BCUT2D eigenvalue weighted by atomic mass is 31.2. The average molecular weight is 1080 g/mol. The summed E-state index contributed by atoms with van der Waals surface area (Å²) >= 11 is 0. The molecule has 0 saturated carbocycles. The van der Waals surface area contributed by atoms with Crippen molar-refractivity contribution < 1.29 is 32.9 Å². The molecular formula is C66H132N2O6P+. The zero-order valence-electron chi connectivity index (χ0n) is 51.1. The van der Waals surface area contributed by atoms with Gasteiger partial charge in [0, 0.05) is 6.42 Å². The van der Waals surface area contributed by atoms with Crippen molar-refractivity contribution in [3.63, 3.8) is 0 Å². The molecule has 3 unspecified atom stereocenters. The van der Waals surface area contributed by atoms with Crippen LogP contribution in [-0.2, 0) is 18.4 Å². The van der Waals surface area contributed by atoms with E-state index in [1.54, 1.807) is 6.08 Å². The number of likely N-dealkylation sites (N-methyl/N-ethyl adjacent to an activating group) is 1. The molecule has 0 radical (unpaired) electrons. The fourth-order valence-electron chi connectivity index (χ4n) is 10.2. The van der Waals surface area contributed by atoms with Crippen molar-refractivity contribution in [2.75, 3.05) is 40.9 Å². The van der Waals surface area contributed by atoms with E-state index in [4.69, 9.17) is 9.05 Å². The summed E-state index contributed by atoms with van der Waals surface area (Å²) in [5.41, 5.74) is 0. The Morgan fingerprint density at radius 2 is 0.733 bits per heavy atom. The highest BCUT2D eigenvalue weighted by Gasteiger charge is 2.28. The molecule has 0 aromatic carbocycles. The normalized spacial score (nSPS) is 13.9. The number of rotatable bonds is 62. The Labute approximate surface area is 468 Å². The molecule has 0 aromatic heterocycles. The molecule has 9 heteroatoms.